The molecule has 0 spiro atoms. The van der Waals surface area contributed by atoms with E-state index in [0.717, 1.165) is 25.9 Å². The summed E-state index contributed by atoms with van der Waals surface area (Å²) in [7, 11) is 0. The SMILES string of the molecule is C=CC=CCC(=O)N1CCCC(CNC(=O)C(C)C)C1. The summed E-state index contributed by atoms with van der Waals surface area (Å²) in [5.74, 6) is 0.629. The lowest BCUT2D eigenvalue weighted by Gasteiger charge is -2.33. The van der Waals surface area contributed by atoms with Gasteiger partial charge < -0.3 is 10.2 Å². The zero-order valence-electron chi connectivity index (χ0n) is 12.6. The van der Waals surface area contributed by atoms with Crippen LogP contribution in [0.3, 0.4) is 0 Å². The lowest BCUT2D eigenvalue weighted by Crippen LogP contribution is -2.44. The van der Waals surface area contributed by atoms with Crippen LogP contribution in [0, 0.1) is 11.8 Å². The van der Waals surface area contributed by atoms with Crippen molar-refractivity contribution in [2.24, 2.45) is 11.8 Å². The molecule has 0 bridgehead atoms. The van der Waals surface area contributed by atoms with E-state index in [1.54, 1.807) is 12.2 Å². The molecule has 112 valence electrons. The van der Waals surface area contributed by atoms with Gasteiger partial charge in [-0.25, -0.2) is 0 Å². The molecule has 1 atom stereocenters. The van der Waals surface area contributed by atoms with Crippen molar-refractivity contribution in [3.63, 3.8) is 0 Å². The molecule has 20 heavy (non-hydrogen) atoms. The average Bonchev–Trinajstić information content (AvgIpc) is 2.45. The molecule has 1 saturated heterocycles. The van der Waals surface area contributed by atoms with Crippen molar-refractivity contribution in [1.82, 2.24) is 10.2 Å². The summed E-state index contributed by atoms with van der Waals surface area (Å²) in [4.78, 5) is 25.5. The van der Waals surface area contributed by atoms with E-state index in [2.05, 4.69) is 11.9 Å². The highest BCUT2D eigenvalue weighted by atomic mass is 16.2. The van der Waals surface area contributed by atoms with Crippen molar-refractivity contribution in [2.45, 2.75) is 33.1 Å². The van der Waals surface area contributed by atoms with E-state index in [4.69, 9.17) is 0 Å². The number of likely N-dealkylation sites (tertiary alicyclic amines) is 1. The Balaban J connectivity index is 2.38. The third-order valence-corrected chi connectivity index (χ3v) is 3.53. The fourth-order valence-corrected chi connectivity index (χ4v) is 2.30. The molecule has 1 aliphatic heterocycles. The summed E-state index contributed by atoms with van der Waals surface area (Å²) >= 11 is 0. The van der Waals surface area contributed by atoms with E-state index in [1.807, 2.05) is 24.8 Å². The van der Waals surface area contributed by atoms with E-state index < -0.39 is 0 Å². The molecule has 1 heterocycles. The van der Waals surface area contributed by atoms with Crippen LogP contribution in [0.1, 0.15) is 33.1 Å². The molecule has 0 aromatic heterocycles. The molecule has 1 N–H and O–H groups in total. The van der Waals surface area contributed by atoms with Crippen molar-refractivity contribution < 1.29 is 9.59 Å². The van der Waals surface area contributed by atoms with Gasteiger partial charge in [-0.15, -0.1) is 0 Å². The number of allylic oxidation sites excluding steroid dienone is 2. The number of nitrogens with one attached hydrogen (secondary N) is 1. The van der Waals surface area contributed by atoms with Crippen LogP contribution in [0.25, 0.3) is 0 Å². The zero-order valence-corrected chi connectivity index (χ0v) is 12.6. The Bertz CT molecular complexity index is 375. The Morgan fingerprint density at radius 1 is 1.45 bits per heavy atom. The van der Waals surface area contributed by atoms with Crippen molar-refractivity contribution in [3.8, 4) is 0 Å². The molecule has 1 unspecified atom stereocenters. The highest BCUT2D eigenvalue weighted by Crippen LogP contribution is 2.16. The molecular formula is C16H26N2O2. The molecule has 0 aromatic carbocycles. The van der Waals surface area contributed by atoms with E-state index in [9.17, 15) is 9.59 Å². The van der Waals surface area contributed by atoms with E-state index in [1.165, 1.54) is 0 Å². The summed E-state index contributed by atoms with van der Waals surface area (Å²) < 4.78 is 0. The topological polar surface area (TPSA) is 49.4 Å². The minimum absolute atomic E-state index is 0.0142. The Labute approximate surface area is 121 Å². The number of hydrogen-bond donors (Lipinski definition) is 1. The lowest BCUT2D eigenvalue weighted by atomic mass is 9.97. The fourth-order valence-electron chi connectivity index (χ4n) is 2.30. The van der Waals surface area contributed by atoms with Crippen molar-refractivity contribution >= 4 is 11.8 Å². The molecule has 0 saturated carbocycles. The first-order valence-electron chi connectivity index (χ1n) is 7.37. The zero-order chi connectivity index (χ0) is 15.0. The predicted molar refractivity (Wildman–Crippen MR) is 81.1 cm³/mol. The van der Waals surface area contributed by atoms with Crippen molar-refractivity contribution in [3.05, 3.63) is 24.8 Å². The minimum Gasteiger partial charge on any atom is -0.356 e. The summed E-state index contributed by atoms with van der Waals surface area (Å²) in [6.07, 6.45) is 7.82. The molecule has 2 amide bonds. The van der Waals surface area contributed by atoms with E-state index in [-0.39, 0.29) is 17.7 Å². The number of hydrogen-bond acceptors (Lipinski definition) is 2. The van der Waals surface area contributed by atoms with Crippen LogP contribution in [0.15, 0.2) is 24.8 Å². The first-order valence-corrected chi connectivity index (χ1v) is 7.37. The molecule has 4 nitrogen and oxygen atoms in total. The van der Waals surface area contributed by atoms with Gasteiger partial charge in [0, 0.05) is 32.0 Å². The van der Waals surface area contributed by atoms with Gasteiger partial charge in [-0.05, 0) is 18.8 Å². The van der Waals surface area contributed by atoms with Gasteiger partial charge in [0.1, 0.15) is 0 Å². The summed E-state index contributed by atoms with van der Waals surface area (Å²) in [5.41, 5.74) is 0. The summed E-state index contributed by atoms with van der Waals surface area (Å²) in [6, 6.07) is 0. The average molecular weight is 278 g/mol. The van der Waals surface area contributed by atoms with Gasteiger partial charge in [-0.1, -0.05) is 38.7 Å². The van der Waals surface area contributed by atoms with Gasteiger partial charge >= 0.3 is 0 Å². The third kappa shape index (κ3) is 5.59. The largest absolute Gasteiger partial charge is 0.356 e. The first-order chi connectivity index (χ1) is 9.54. The van der Waals surface area contributed by atoms with Crippen molar-refractivity contribution in [2.75, 3.05) is 19.6 Å². The smallest absolute Gasteiger partial charge is 0.226 e. The van der Waals surface area contributed by atoms with E-state index in [0.29, 0.717) is 18.9 Å². The number of rotatable bonds is 6. The van der Waals surface area contributed by atoms with Crippen molar-refractivity contribution in [1.29, 1.82) is 0 Å². The molecule has 0 radical (unpaired) electrons. The molecule has 4 heteroatoms. The second-order valence-electron chi connectivity index (χ2n) is 5.62. The number of piperidine rings is 1. The van der Waals surface area contributed by atoms with Crippen LogP contribution in [0.5, 0.6) is 0 Å². The van der Waals surface area contributed by atoms with Crippen LogP contribution in [-0.2, 0) is 9.59 Å². The molecule has 1 aliphatic rings. The fraction of sp³-hybridized carbons (Fsp3) is 0.625. The monoisotopic (exact) mass is 278 g/mol. The minimum atomic E-state index is 0.0142. The second kappa shape index (κ2) is 8.56. The Morgan fingerprint density at radius 3 is 2.85 bits per heavy atom. The Morgan fingerprint density at radius 2 is 2.20 bits per heavy atom. The second-order valence-corrected chi connectivity index (χ2v) is 5.62. The number of nitrogens with zero attached hydrogens (tertiary/aromatic N) is 1. The number of amides is 2. The summed E-state index contributed by atoms with van der Waals surface area (Å²) in [6.45, 7) is 9.61. The maximum atomic E-state index is 12.0. The predicted octanol–water partition coefficient (Wildman–Crippen LogP) is 2.13. The third-order valence-electron chi connectivity index (χ3n) is 3.53. The quantitative estimate of drug-likeness (QED) is 0.757. The normalized spacial score (nSPS) is 19.4. The molecule has 0 aromatic rings. The first kappa shape index (κ1) is 16.5. The maximum absolute atomic E-state index is 12.0. The van der Waals surface area contributed by atoms with Crippen LogP contribution < -0.4 is 5.32 Å². The standard InChI is InChI=1S/C16H26N2O2/c1-4-5-6-9-15(19)18-10-7-8-14(12-18)11-17-16(20)13(2)3/h4-6,13-14H,1,7-12H2,2-3H3,(H,17,20). The van der Waals surface area contributed by atoms with Gasteiger partial charge in [0.05, 0.1) is 0 Å². The van der Waals surface area contributed by atoms with Crippen LogP contribution in [-0.4, -0.2) is 36.3 Å². The molecule has 1 rings (SSSR count). The lowest BCUT2D eigenvalue weighted by molar-refractivity contribution is -0.132. The van der Waals surface area contributed by atoms with Gasteiger partial charge in [-0.3, -0.25) is 9.59 Å². The number of carbonyl (C=O) groups is 2. The maximum Gasteiger partial charge on any atom is 0.226 e. The highest BCUT2D eigenvalue weighted by molar-refractivity contribution is 5.78. The van der Waals surface area contributed by atoms with Gasteiger partial charge in [0.15, 0.2) is 0 Å². The molecule has 1 fully saturated rings. The van der Waals surface area contributed by atoms with Gasteiger partial charge in [-0.2, -0.15) is 0 Å². The Kier molecular flexibility index (Phi) is 7.05. The van der Waals surface area contributed by atoms with Crippen LogP contribution in [0.2, 0.25) is 0 Å². The van der Waals surface area contributed by atoms with E-state index >= 15 is 0 Å². The van der Waals surface area contributed by atoms with Crippen LogP contribution >= 0.6 is 0 Å². The summed E-state index contributed by atoms with van der Waals surface area (Å²) in [5, 5.41) is 2.96. The number of carbonyl (C=O) groups excluding carboxylic acids is 2. The highest BCUT2D eigenvalue weighted by Gasteiger charge is 2.23. The Hall–Kier alpha value is -1.58. The molecule has 0 aliphatic carbocycles. The van der Waals surface area contributed by atoms with Gasteiger partial charge in [0.2, 0.25) is 11.8 Å². The van der Waals surface area contributed by atoms with Gasteiger partial charge in [0.25, 0.3) is 0 Å². The van der Waals surface area contributed by atoms with Crippen LogP contribution in [0.4, 0.5) is 0 Å². The molecular weight excluding hydrogens is 252 g/mol.